The zero-order valence-corrected chi connectivity index (χ0v) is 18.3. The SMILES string of the molecule is COc1ccc([C@H](C(C)C)N2CC(O)=C(c3nc4ccccc4s3)C2=N)cc1OC. The number of amidine groups is 1. The number of rotatable bonds is 6. The summed E-state index contributed by atoms with van der Waals surface area (Å²) in [5.74, 6) is 1.99. The average Bonchev–Trinajstić information content (AvgIpc) is 3.27. The fourth-order valence-electron chi connectivity index (χ4n) is 4.00. The molecule has 0 saturated carbocycles. The third-order valence-corrected chi connectivity index (χ3v) is 6.41. The normalized spacial score (nSPS) is 15.4. The number of aliphatic hydroxyl groups is 1. The number of thiazole rings is 1. The Kier molecular flexibility index (Phi) is 5.39. The van der Waals surface area contributed by atoms with Gasteiger partial charge in [0.15, 0.2) is 11.5 Å². The number of hydrogen-bond acceptors (Lipinski definition) is 6. The standard InChI is InChI=1S/C23H25N3O3S/c1-13(2)21(14-9-10-17(28-3)18(11-14)29-4)26-12-16(27)20(22(26)24)23-25-15-7-5-6-8-19(15)30-23/h5-11,13,21,24,27H,12H2,1-4H3/t21-/m0/s1. The molecule has 2 aromatic carbocycles. The summed E-state index contributed by atoms with van der Waals surface area (Å²) in [6, 6.07) is 13.6. The van der Waals surface area contributed by atoms with Gasteiger partial charge in [0.05, 0.1) is 42.6 Å². The molecule has 156 valence electrons. The lowest BCUT2D eigenvalue weighted by Crippen LogP contribution is -2.34. The van der Waals surface area contributed by atoms with Crippen LogP contribution in [0.1, 0.15) is 30.5 Å². The largest absolute Gasteiger partial charge is 0.510 e. The Morgan fingerprint density at radius 1 is 1.10 bits per heavy atom. The first-order valence-corrected chi connectivity index (χ1v) is 10.6. The summed E-state index contributed by atoms with van der Waals surface area (Å²) >= 11 is 1.50. The minimum absolute atomic E-state index is 0.105. The van der Waals surface area contributed by atoms with Crippen LogP contribution in [0.5, 0.6) is 11.5 Å². The van der Waals surface area contributed by atoms with E-state index in [1.165, 1.54) is 11.3 Å². The maximum absolute atomic E-state index is 10.8. The molecule has 0 unspecified atom stereocenters. The minimum Gasteiger partial charge on any atom is -0.510 e. The van der Waals surface area contributed by atoms with E-state index in [9.17, 15) is 5.11 Å². The van der Waals surface area contributed by atoms with Gasteiger partial charge in [-0.2, -0.15) is 0 Å². The Morgan fingerprint density at radius 2 is 1.83 bits per heavy atom. The summed E-state index contributed by atoms with van der Waals surface area (Å²) in [5, 5.41) is 20.3. The van der Waals surface area contributed by atoms with Gasteiger partial charge in [-0.1, -0.05) is 32.0 Å². The molecule has 0 fully saturated rings. The zero-order valence-electron chi connectivity index (χ0n) is 17.5. The molecule has 1 atom stereocenters. The summed E-state index contributed by atoms with van der Waals surface area (Å²) in [5.41, 5.74) is 2.40. The fourth-order valence-corrected chi connectivity index (χ4v) is 5.04. The molecule has 2 heterocycles. The van der Waals surface area contributed by atoms with E-state index < -0.39 is 0 Å². The molecule has 0 spiro atoms. The van der Waals surface area contributed by atoms with Crippen molar-refractivity contribution in [3.05, 3.63) is 58.8 Å². The molecule has 0 saturated heterocycles. The molecule has 0 aliphatic carbocycles. The first-order chi connectivity index (χ1) is 14.4. The van der Waals surface area contributed by atoms with E-state index in [1.54, 1.807) is 14.2 Å². The molecule has 0 amide bonds. The van der Waals surface area contributed by atoms with Crippen LogP contribution in [0.15, 0.2) is 48.2 Å². The van der Waals surface area contributed by atoms with Crippen LogP contribution in [0.3, 0.4) is 0 Å². The summed E-state index contributed by atoms with van der Waals surface area (Å²) in [6.45, 7) is 4.50. The van der Waals surface area contributed by atoms with Crippen molar-refractivity contribution in [1.82, 2.24) is 9.88 Å². The molecule has 6 nitrogen and oxygen atoms in total. The first-order valence-electron chi connectivity index (χ1n) is 9.80. The van der Waals surface area contributed by atoms with Crippen LogP contribution in [0.25, 0.3) is 15.8 Å². The zero-order chi connectivity index (χ0) is 21.4. The molecule has 0 bridgehead atoms. The van der Waals surface area contributed by atoms with E-state index >= 15 is 0 Å². The number of aromatic nitrogens is 1. The van der Waals surface area contributed by atoms with E-state index in [4.69, 9.17) is 14.9 Å². The third kappa shape index (κ3) is 3.39. The Labute approximate surface area is 179 Å². The van der Waals surface area contributed by atoms with Gasteiger partial charge in [0.2, 0.25) is 0 Å². The Bertz CT molecular complexity index is 1100. The van der Waals surface area contributed by atoms with Crippen molar-refractivity contribution in [2.24, 2.45) is 5.92 Å². The lowest BCUT2D eigenvalue weighted by atomic mass is 9.94. The first kappa shape index (κ1) is 20.2. The number of ether oxygens (including phenoxy) is 2. The van der Waals surface area contributed by atoms with Crippen LogP contribution in [0.4, 0.5) is 0 Å². The van der Waals surface area contributed by atoms with Crippen LogP contribution in [-0.2, 0) is 0 Å². The molecule has 3 aromatic rings. The summed E-state index contributed by atoms with van der Waals surface area (Å²) in [7, 11) is 3.22. The van der Waals surface area contributed by atoms with Crippen molar-refractivity contribution in [3.63, 3.8) is 0 Å². The highest BCUT2D eigenvalue weighted by Gasteiger charge is 2.36. The summed E-state index contributed by atoms with van der Waals surface area (Å²) < 4.78 is 11.9. The average molecular weight is 424 g/mol. The van der Waals surface area contributed by atoms with E-state index in [0.29, 0.717) is 27.9 Å². The van der Waals surface area contributed by atoms with Crippen molar-refractivity contribution < 1.29 is 14.6 Å². The number of para-hydroxylation sites is 1. The maximum atomic E-state index is 10.8. The van der Waals surface area contributed by atoms with Crippen LogP contribution < -0.4 is 9.47 Å². The molecule has 4 rings (SSSR count). The van der Waals surface area contributed by atoms with Gasteiger partial charge in [-0.3, -0.25) is 5.41 Å². The minimum atomic E-state index is -0.105. The van der Waals surface area contributed by atoms with E-state index in [1.807, 2.05) is 47.4 Å². The van der Waals surface area contributed by atoms with Gasteiger partial charge in [-0.15, -0.1) is 11.3 Å². The van der Waals surface area contributed by atoms with Crippen LogP contribution in [0, 0.1) is 11.3 Å². The predicted octanol–water partition coefficient (Wildman–Crippen LogP) is 5.27. The van der Waals surface area contributed by atoms with E-state index in [0.717, 1.165) is 15.8 Å². The summed E-state index contributed by atoms with van der Waals surface area (Å²) in [4.78, 5) is 6.59. The second kappa shape index (κ2) is 7.99. The number of hydrogen-bond donors (Lipinski definition) is 2. The van der Waals surface area contributed by atoms with Gasteiger partial charge >= 0.3 is 0 Å². The highest BCUT2D eigenvalue weighted by Crippen LogP contribution is 2.41. The molecule has 1 aliphatic heterocycles. The number of nitrogens with zero attached hydrogens (tertiary/aromatic N) is 2. The monoisotopic (exact) mass is 423 g/mol. The highest BCUT2D eigenvalue weighted by atomic mass is 32.1. The van der Waals surface area contributed by atoms with Gasteiger partial charge in [-0.25, -0.2) is 4.98 Å². The molecular weight excluding hydrogens is 398 g/mol. The van der Waals surface area contributed by atoms with Crippen molar-refractivity contribution in [3.8, 4) is 11.5 Å². The Hall–Kier alpha value is -3.06. The second-order valence-electron chi connectivity index (χ2n) is 7.59. The number of fused-ring (bicyclic) bond motifs is 1. The molecule has 1 aromatic heterocycles. The van der Waals surface area contributed by atoms with Crippen molar-refractivity contribution in [1.29, 1.82) is 5.41 Å². The van der Waals surface area contributed by atoms with Gasteiger partial charge in [0.1, 0.15) is 16.6 Å². The van der Waals surface area contributed by atoms with E-state index in [-0.39, 0.29) is 24.3 Å². The number of benzene rings is 2. The van der Waals surface area contributed by atoms with Gasteiger partial charge in [-0.05, 0) is 35.7 Å². The number of nitrogens with one attached hydrogen (secondary N) is 1. The van der Waals surface area contributed by atoms with Gasteiger partial charge in [0, 0.05) is 0 Å². The number of methoxy groups -OCH3 is 2. The van der Waals surface area contributed by atoms with Crippen LogP contribution >= 0.6 is 11.3 Å². The summed E-state index contributed by atoms with van der Waals surface area (Å²) in [6.07, 6.45) is 0. The predicted molar refractivity (Wildman–Crippen MR) is 121 cm³/mol. The lowest BCUT2D eigenvalue weighted by molar-refractivity contribution is 0.247. The van der Waals surface area contributed by atoms with Crippen molar-refractivity contribution >= 4 is 33.0 Å². The van der Waals surface area contributed by atoms with Crippen LogP contribution in [-0.4, -0.2) is 41.6 Å². The Morgan fingerprint density at radius 3 is 2.50 bits per heavy atom. The molecule has 0 radical (unpaired) electrons. The quantitative estimate of drug-likeness (QED) is 0.564. The van der Waals surface area contributed by atoms with E-state index in [2.05, 4.69) is 18.8 Å². The molecule has 30 heavy (non-hydrogen) atoms. The van der Waals surface area contributed by atoms with Crippen LogP contribution in [0.2, 0.25) is 0 Å². The maximum Gasteiger partial charge on any atom is 0.161 e. The van der Waals surface area contributed by atoms with Gasteiger partial charge in [0.25, 0.3) is 0 Å². The smallest absolute Gasteiger partial charge is 0.161 e. The molecule has 2 N–H and O–H groups in total. The topological polar surface area (TPSA) is 78.7 Å². The Balaban J connectivity index is 1.70. The molecule has 1 aliphatic rings. The van der Waals surface area contributed by atoms with Crippen molar-refractivity contribution in [2.75, 3.05) is 20.8 Å². The fraction of sp³-hybridized carbons (Fsp3) is 0.304. The molecular formula is C23H25N3O3S. The van der Waals surface area contributed by atoms with Crippen molar-refractivity contribution in [2.45, 2.75) is 19.9 Å². The second-order valence-corrected chi connectivity index (χ2v) is 8.62. The lowest BCUT2D eigenvalue weighted by Gasteiger charge is -2.33. The molecule has 7 heteroatoms. The third-order valence-electron chi connectivity index (χ3n) is 5.36. The number of aliphatic hydroxyl groups excluding tert-OH is 1. The highest BCUT2D eigenvalue weighted by molar-refractivity contribution is 7.19. The van der Waals surface area contributed by atoms with Gasteiger partial charge < -0.3 is 19.5 Å².